The average molecular weight is 204 g/mol. The quantitative estimate of drug-likeness (QED) is 0.285. The van der Waals surface area contributed by atoms with E-state index in [0.717, 1.165) is 0 Å². The fourth-order valence-corrected chi connectivity index (χ4v) is 3.62. The van der Waals surface area contributed by atoms with Crippen LogP contribution < -0.4 is 0 Å². The molecule has 0 atom stereocenters. The van der Waals surface area contributed by atoms with Crippen molar-refractivity contribution in [2.75, 3.05) is 6.23 Å². The highest BCUT2D eigenvalue weighted by atomic mass is 28.4. The average Bonchev–Trinajstić information content (AvgIpc) is 1.96. The van der Waals surface area contributed by atoms with Gasteiger partial charge in [-0.2, -0.15) is 0 Å². The second-order valence-electron chi connectivity index (χ2n) is 3.33. The predicted molar refractivity (Wildman–Crippen MR) is 54.1 cm³/mol. The number of ether oxygens (including phenoxy) is 1. The molecule has 0 saturated heterocycles. The van der Waals surface area contributed by atoms with Crippen LogP contribution in [0.5, 0.6) is 0 Å². The molecule has 0 saturated carbocycles. The molecule has 3 nitrogen and oxygen atoms in total. The molecular weight excluding hydrogens is 188 g/mol. The van der Waals surface area contributed by atoms with Crippen LogP contribution >= 0.6 is 0 Å². The Morgan fingerprint density at radius 2 is 2.17 bits per heavy atom. The van der Waals surface area contributed by atoms with Crippen molar-refractivity contribution in [1.82, 2.24) is 0 Å². The lowest BCUT2D eigenvalue weighted by Crippen LogP contribution is -2.29. The van der Waals surface area contributed by atoms with Crippen molar-refractivity contribution in [2.24, 2.45) is 0 Å². The molecule has 70 valence electrons. The van der Waals surface area contributed by atoms with Crippen LogP contribution in [-0.2, 0) is 13.6 Å². The topological polar surface area (TPSA) is 35.5 Å². The molecule has 0 amide bonds. The first-order valence-corrected chi connectivity index (χ1v) is 8.87. The molecule has 5 heteroatoms. The minimum atomic E-state index is -1.39. The summed E-state index contributed by atoms with van der Waals surface area (Å²) in [5.74, 6) is -0.360. The lowest BCUT2D eigenvalue weighted by molar-refractivity contribution is -0.136. The number of rotatable bonds is 5. The summed E-state index contributed by atoms with van der Waals surface area (Å²) in [5, 5.41) is 0. The van der Waals surface area contributed by atoms with Gasteiger partial charge >= 0.3 is 5.97 Å². The van der Waals surface area contributed by atoms with Crippen molar-refractivity contribution in [3.8, 4) is 0 Å². The molecule has 0 radical (unpaired) electrons. The molecule has 12 heavy (non-hydrogen) atoms. The third-order valence-electron chi connectivity index (χ3n) is 1.03. The van der Waals surface area contributed by atoms with E-state index in [9.17, 15) is 4.79 Å². The highest BCUT2D eigenvalue weighted by molar-refractivity contribution is 6.73. The molecule has 0 aliphatic heterocycles. The van der Waals surface area contributed by atoms with Gasteiger partial charge in [0.25, 0.3) is 0 Å². The van der Waals surface area contributed by atoms with Crippen LogP contribution in [0.2, 0.25) is 19.6 Å². The van der Waals surface area contributed by atoms with Crippen molar-refractivity contribution in [2.45, 2.75) is 19.6 Å². The molecule has 0 aromatic heterocycles. The molecule has 0 aliphatic carbocycles. The Bertz CT molecular complexity index is 163. The Labute approximate surface area is 76.8 Å². The molecule has 0 aliphatic rings. The third-order valence-corrected chi connectivity index (χ3v) is 5.68. The number of hydrogen-bond donors (Lipinski definition) is 0. The van der Waals surface area contributed by atoms with E-state index in [1.807, 2.05) is 0 Å². The van der Waals surface area contributed by atoms with Crippen LogP contribution in [0.4, 0.5) is 0 Å². The van der Waals surface area contributed by atoms with E-state index in [1.54, 1.807) is 0 Å². The zero-order valence-electron chi connectivity index (χ0n) is 7.92. The van der Waals surface area contributed by atoms with Crippen LogP contribution in [0, 0.1) is 0 Å². The molecule has 0 rings (SSSR count). The van der Waals surface area contributed by atoms with Crippen molar-refractivity contribution in [3.63, 3.8) is 0 Å². The fraction of sp³-hybridized carbons (Fsp3) is 0.571. The van der Waals surface area contributed by atoms with Crippen LogP contribution in [-0.4, -0.2) is 30.3 Å². The molecular formula is C7H16O3Si2. The third kappa shape index (κ3) is 7.71. The molecule has 0 heterocycles. The number of carbonyl (C=O) groups is 1. The molecule has 0 N–H and O–H groups in total. The van der Waals surface area contributed by atoms with Gasteiger partial charge < -0.3 is 8.85 Å². The molecule has 0 fully saturated rings. The zero-order chi connectivity index (χ0) is 9.61. The van der Waals surface area contributed by atoms with Gasteiger partial charge in [0.2, 0.25) is 0 Å². The predicted octanol–water partition coefficient (Wildman–Crippen LogP) is 0.608. The van der Waals surface area contributed by atoms with Gasteiger partial charge in [0.1, 0.15) is 6.23 Å². The van der Waals surface area contributed by atoms with E-state index in [-0.39, 0.29) is 5.97 Å². The second kappa shape index (κ2) is 5.28. The van der Waals surface area contributed by atoms with E-state index in [1.165, 1.54) is 6.08 Å². The summed E-state index contributed by atoms with van der Waals surface area (Å²) in [4.78, 5) is 10.6. The van der Waals surface area contributed by atoms with Crippen LogP contribution in [0.3, 0.4) is 0 Å². The van der Waals surface area contributed by atoms with E-state index < -0.39 is 18.1 Å². The number of hydrogen-bond acceptors (Lipinski definition) is 3. The summed E-state index contributed by atoms with van der Waals surface area (Å²) in [6, 6.07) is 0. The van der Waals surface area contributed by atoms with Gasteiger partial charge in [-0.3, -0.25) is 0 Å². The highest BCUT2D eigenvalue weighted by Gasteiger charge is 2.13. The van der Waals surface area contributed by atoms with Gasteiger partial charge in [-0.05, 0) is 19.6 Å². The van der Waals surface area contributed by atoms with E-state index in [4.69, 9.17) is 8.85 Å². The summed E-state index contributed by atoms with van der Waals surface area (Å²) < 4.78 is 10.4. The Kier molecular flexibility index (Phi) is 5.11. The van der Waals surface area contributed by atoms with Crippen LogP contribution in [0.15, 0.2) is 12.7 Å². The first-order chi connectivity index (χ1) is 5.45. The largest absolute Gasteiger partial charge is 0.464 e. The summed E-state index contributed by atoms with van der Waals surface area (Å²) >= 11 is 0. The lowest BCUT2D eigenvalue weighted by atomic mass is 10.7. The SMILES string of the molecule is C=CC(=O)OC[SiH2]O[Si](C)(C)C. The first-order valence-electron chi connectivity index (χ1n) is 3.89. The van der Waals surface area contributed by atoms with Gasteiger partial charge in [0, 0.05) is 6.08 Å². The maximum Gasteiger partial charge on any atom is 0.329 e. The highest BCUT2D eigenvalue weighted by Crippen LogP contribution is 2.00. The minimum absolute atomic E-state index is 0.360. The molecule has 0 aromatic rings. The maximum absolute atomic E-state index is 10.6. The van der Waals surface area contributed by atoms with Crippen LogP contribution in [0.1, 0.15) is 0 Å². The van der Waals surface area contributed by atoms with E-state index >= 15 is 0 Å². The monoisotopic (exact) mass is 204 g/mol. The van der Waals surface area contributed by atoms with E-state index in [2.05, 4.69) is 26.2 Å². The Morgan fingerprint density at radius 1 is 1.58 bits per heavy atom. The summed E-state index contributed by atoms with van der Waals surface area (Å²) in [6.07, 6.45) is 1.62. The van der Waals surface area contributed by atoms with Crippen molar-refractivity contribution in [3.05, 3.63) is 12.7 Å². The first kappa shape index (κ1) is 11.6. The van der Waals surface area contributed by atoms with Crippen LogP contribution in [0.25, 0.3) is 0 Å². The van der Waals surface area contributed by atoms with Gasteiger partial charge in [0.05, 0.1) is 0 Å². The molecule has 0 aromatic carbocycles. The maximum atomic E-state index is 10.6. The molecule has 0 unspecified atom stereocenters. The van der Waals surface area contributed by atoms with Gasteiger partial charge in [0.15, 0.2) is 18.1 Å². The summed E-state index contributed by atoms with van der Waals surface area (Å²) in [5.41, 5.74) is 0. The summed E-state index contributed by atoms with van der Waals surface area (Å²) in [6.45, 7) is 9.66. The number of esters is 1. The Morgan fingerprint density at radius 3 is 2.58 bits per heavy atom. The van der Waals surface area contributed by atoms with Crippen molar-refractivity contribution in [1.29, 1.82) is 0 Å². The van der Waals surface area contributed by atoms with E-state index in [0.29, 0.717) is 6.23 Å². The molecule has 0 spiro atoms. The number of carbonyl (C=O) groups excluding carboxylic acids is 1. The van der Waals surface area contributed by atoms with Crippen molar-refractivity contribution < 1.29 is 13.6 Å². The Balaban J connectivity index is 3.34. The molecule has 0 bridgehead atoms. The van der Waals surface area contributed by atoms with Gasteiger partial charge in [-0.15, -0.1) is 0 Å². The summed E-state index contributed by atoms with van der Waals surface area (Å²) in [7, 11) is -2.07. The second-order valence-corrected chi connectivity index (χ2v) is 9.53. The zero-order valence-corrected chi connectivity index (χ0v) is 10.3. The lowest BCUT2D eigenvalue weighted by Gasteiger charge is -2.16. The normalized spacial score (nSPS) is 11.9. The Hall–Kier alpha value is -0.396. The minimum Gasteiger partial charge on any atom is -0.464 e. The van der Waals surface area contributed by atoms with Gasteiger partial charge in [-0.1, -0.05) is 6.58 Å². The van der Waals surface area contributed by atoms with Gasteiger partial charge in [-0.25, -0.2) is 4.79 Å². The van der Waals surface area contributed by atoms with Crippen molar-refractivity contribution >= 4 is 24.0 Å². The standard InChI is InChI=1S/C7H16O3Si2/c1-5-7(8)9-6-11-10-12(2,3)4/h5H,1,6,11H2,2-4H3. The fourth-order valence-electron chi connectivity index (χ4n) is 0.549. The smallest absolute Gasteiger partial charge is 0.329 e.